The molecule has 0 N–H and O–H groups in total. The van der Waals surface area contributed by atoms with Gasteiger partial charge in [-0.15, -0.1) is 0 Å². The maximum atomic E-state index is 5.14. The summed E-state index contributed by atoms with van der Waals surface area (Å²) in [5.74, 6) is 0. The van der Waals surface area contributed by atoms with Crippen molar-refractivity contribution in [2.45, 2.75) is 32.3 Å². The van der Waals surface area contributed by atoms with E-state index < -0.39 is 0 Å². The quantitative estimate of drug-likeness (QED) is 0.480. The van der Waals surface area contributed by atoms with Crippen LogP contribution in [0, 0.1) is 0 Å². The molecule has 1 aliphatic heterocycles. The average Bonchev–Trinajstić information content (AvgIpc) is 2.22. The second kappa shape index (κ2) is 1.48. The average molecular weight is 100 g/mol. The van der Waals surface area contributed by atoms with Gasteiger partial charge < -0.3 is 4.74 Å². The van der Waals surface area contributed by atoms with Crippen LogP contribution in [-0.2, 0) is 4.74 Å². The lowest BCUT2D eigenvalue weighted by Crippen LogP contribution is -2.01. The molecule has 0 saturated carbocycles. The highest BCUT2D eigenvalue weighted by atomic mass is 16.6. The molecule has 7 heavy (non-hydrogen) atoms. The first-order valence-electron chi connectivity index (χ1n) is 2.91. The van der Waals surface area contributed by atoms with Crippen molar-refractivity contribution in [2.24, 2.45) is 0 Å². The third-order valence-corrected chi connectivity index (χ3v) is 1.42. The van der Waals surface area contributed by atoms with Crippen molar-refractivity contribution < 1.29 is 4.74 Å². The molecule has 0 bridgehead atoms. The largest absolute Gasteiger partial charge is 0.370 e. The molecule has 0 aliphatic carbocycles. The Kier molecular flexibility index (Phi) is 1.08. The normalized spacial score (nSPS) is 38.6. The summed E-state index contributed by atoms with van der Waals surface area (Å²) in [6, 6.07) is 0. The molecule has 1 heterocycles. The molecular formula is C6H12O. The first-order chi connectivity index (χ1) is 3.27. The maximum absolute atomic E-state index is 5.14. The lowest BCUT2D eigenvalue weighted by molar-refractivity contribution is 0.307. The number of ether oxygens (including phenoxy) is 1. The van der Waals surface area contributed by atoms with E-state index in [2.05, 4.69) is 13.8 Å². The van der Waals surface area contributed by atoms with Gasteiger partial charge in [0.15, 0.2) is 0 Å². The van der Waals surface area contributed by atoms with E-state index >= 15 is 0 Å². The van der Waals surface area contributed by atoms with Crippen LogP contribution < -0.4 is 0 Å². The lowest BCUT2D eigenvalue weighted by atomic mass is 10.1. The van der Waals surface area contributed by atoms with Gasteiger partial charge in [0.2, 0.25) is 0 Å². The van der Waals surface area contributed by atoms with Crippen molar-refractivity contribution in [3.63, 3.8) is 0 Å². The highest BCUT2D eigenvalue weighted by molar-refractivity contribution is 4.85. The standard InChI is InChI=1S/C6H12O/c1-3-4-6(2)5-7-6/h3-5H2,1-2H3/t6-/m1/s1. The van der Waals surface area contributed by atoms with Gasteiger partial charge in [0, 0.05) is 0 Å². The number of hydrogen-bond donors (Lipinski definition) is 0. The van der Waals surface area contributed by atoms with Crippen LogP contribution in [-0.4, -0.2) is 12.2 Å². The van der Waals surface area contributed by atoms with Crippen molar-refractivity contribution in [3.05, 3.63) is 0 Å². The minimum atomic E-state index is 0.300. The summed E-state index contributed by atoms with van der Waals surface area (Å²) in [6.07, 6.45) is 2.48. The number of epoxide rings is 1. The van der Waals surface area contributed by atoms with E-state index in [-0.39, 0.29) is 0 Å². The monoisotopic (exact) mass is 100 g/mol. The minimum Gasteiger partial charge on any atom is -0.370 e. The van der Waals surface area contributed by atoms with Gasteiger partial charge in [0.05, 0.1) is 12.2 Å². The van der Waals surface area contributed by atoms with E-state index in [0.717, 1.165) is 6.61 Å². The second-order valence-electron chi connectivity index (χ2n) is 2.49. The molecule has 0 spiro atoms. The molecule has 0 amide bonds. The zero-order valence-corrected chi connectivity index (χ0v) is 5.03. The smallest absolute Gasteiger partial charge is 0.0888 e. The number of hydrogen-bond acceptors (Lipinski definition) is 1. The van der Waals surface area contributed by atoms with Crippen LogP contribution in [0.3, 0.4) is 0 Å². The number of rotatable bonds is 2. The highest BCUT2D eigenvalue weighted by Gasteiger charge is 2.37. The molecule has 1 fully saturated rings. The lowest BCUT2D eigenvalue weighted by Gasteiger charge is -1.97. The van der Waals surface area contributed by atoms with Gasteiger partial charge in [0.1, 0.15) is 0 Å². The molecule has 42 valence electrons. The Labute approximate surface area is 44.7 Å². The zero-order valence-electron chi connectivity index (χ0n) is 5.03. The van der Waals surface area contributed by atoms with Gasteiger partial charge in [-0.25, -0.2) is 0 Å². The summed E-state index contributed by atoms with van der Waals surface area (Å²) in [5.41, 5.74) is 0.300. The molecule has 1 atom stereocenters. The Morgan fingerprint density at radius 3 is 2.43 bits per heavy atom. The third-order valence-electron chi connectivity index (χ3n) is 1.42. The molecule has 1 heteroatoms. The van der Waals surface area contributed by atoms with Crippen molar-refractivity contribution in [1.29, 1.82) is 0 Å². The van der Waals surface area contributed by atoms with Crippen molar-refractivity contribution in [2.75, 3.05) is 6.61 Å². The predicted molar refractivity (Wildman–Crippen MR) is 29.3 cm³/mol. The predicted octanol–water partition coefficient (Wildman–Crippen LogP) is 1.58. The summed E-state index contributed by atoms with van der Waals surface area (Å²) in [4.78, 5) is 0. The van der Waals surface area contributed by atoms with E-state index in [9.17, 15) is 0 Å². The molecule has 1 rings (SSSR count). The van der Waals surface area contributed by atoms with Gasteiger partial charge in [0.25, 0.3) is 0 Å². The van der Waals surface area contributed by atoms with Gasteiger partial charge in [-0.1, -0.05) is 13.3 Å². The summed E-state index contributed by atoms with van der Waals surface area (Å²) in [7, 11) is 0. The zero-order chi connectivity index (χ0) is 5.33. The molecule has 1 nitrogen and oxygen atoms in total. The first kappa shape index (κ1) is 5.10. The van der Waals surface area contributed by atoms with E-state index in [1.54, 1.807) is 0 Å². The Morgan fingerprint density at radius 1 is 1.71 bits per heavy atom. The van der Waals surface area contributed by atoms with Crippen LogP contribution in [0.15, 0.2) is 0 Å². The van der Waals surface area contributed by atoms with E-state index in [0.29, 0.717) is 5.60 Å². The van der Waals surface area contributed by atoms with Gasteiger partial charge >= 0.3 is 0 Å². The van der Waals surface area contributed by atoms with Gasteiger partial charge in [-0.3, -0.25) is 0 Å². The molecule has 0 radical (unpaired) electrons. The molecule has 0 aromatic carbocycles. The Balaban J connectivity index is 2.13. The van der Waals surface area contributed by atoms with Crippen molar-refractivity contribution >= 4 is 0 Å². The van der Waals surface area contributed by atoms with Gasteiger partial charge in [-0.05, 0) is 13.3 Å². The van der Waals surface area contributed by atoms with Crippen LogP contribution >= 0.6 is 0 Å². The maximum Gasteiger partial charge on any atom is 0.0888 e. The second-order valence-corrected chi connectivity index (χ2v) is 2.49. The molecule has 1 aliphatic rings. The first-order valence-corrected chi connectivity index (χ1v) is 2.91. The summed E-state index contributed by atoms with van der Waals surface area (Å²) >= 11 is 0. The molecule has 0 aromatic rings. The SMILES string of the molecule is CCC[C@]1(C)CO1. The summed E-state index contributed by atoms with van der Waals surface area (Å²) in [5, 5.41) is 0. The molecule has 1 saturated heterocycles. The van der Waals surface area contributed by atoms with Crippen LogP contribution in [0.1, 0.15) is 26.7 Å². The van der Waals surface area contributed by atoms with Crippen molar-refractivity contribution in [1.82, 2.24) is 0 Å². The Hall–Kier alpha value is -0.0400. The van der Waals surface area contributed by atoms with Crippen LogP contribution in [0.2, 0.25) is 0 Å². The fourth-order valence-electron chi connectivity index (χ4n) is 0.796. The van der Waals surface area contributed by atoms with E-state index in [4.69, 9.17) is 4.74 Å². The van der Waals surface area contributed by atoms with E-state index in [1.807, 2.05) is 0 Å². The fraction of sp³-hybridized carbons (Fsp3) is 1.00. The Bertz CT molecular complexity index is 64.6. The summed E-state index contributed by atoms with van der Waals surface area (Å²) < 4.78 is 5.14. The molecule has 0 aromatic heterocycles. The minimum absolute atomic E-state index is 0.300. The van der Waals surface area contributed by atoms with Gasteiger partial charge in [-0.2, -0.15) is 0 Å². The van der Waals surface area contributed by atoms with E-state index in [1.165, 1.54) is 12.8 Å². The molecule has 0 unspecified atom stereocenters. The van der Waals surface area contributed by atoms with Crippen LogP contribution in [0.5, 0.6) is 0 Å². The topological polar surface area (TPSA) is 12.5 Å². The highest BCUT2D eigenvalue weighted by Crippen LogP contribution is 2.30. The molecular weight excluding hydrogens is 88.1 g/mol. The van der Waals surface area contributed by atoms with Crippen LogP contribution in [0.4, 0.5) is 0 Å². The Morgan fingerprint density at radius 2 is 2.29 bits per heavy atom. The third kappa shape index (κ3) is 1.16. The fourth-order valence-corrected chi connectivity index (χ4v) is 0.796. The van der Waals surface area contributed by atoms with Crippen LogP contribution in [0.25, 0.3) is 0 Å². The van der Waals surface area contributed by atoms with Crippen molar-refractivity contribution in [3.8, 4) is 0 Å². The summed E-state index contributed by atoms with van der Waals surface area (Å²) in [6.45, 7) is 5.34.